The lowest BCUT2D eigenvalue weighted by Gasteiger charge is -2.12. The summed E-state index contributed by atoms with van der Waals surface area (Å²) in [7, 11) is 0. The van der Waals surface area contributed by atoms with Crippen LogP contribution in [-0.4, -0.2) is 36.4 Å². The van der Waals surface area contributed by atoms with Gasteiger partial charge in [0.15, 0.2) is 0 Å². The molecule has 0 aliphatic heterocycles. The van der Waals surface area contributed by atoms with Gasteiger partial charge < -0.3 is 14.6 Å². The van der Waals surface area contributed by atoms with Gasteiger partial charge in [-0.2, -0.15) is 0 Å². The molecular weight excluding hydrogens is 320 g/mol. The van der Waals surface area contributed by atoms with Gasteiger partial charge in [-0.15, -0.1) is 0 Å². The first kappa shape index (κ1) is 23.6. The summed E-state index contributed by atoms with van der Waals surface area (Å²) in [5.41, 5.74) is 0.480. The van der Waals surface area contributed by atoms with Crippen molar-refractivity contribution in [2.24, 2.45) is 5.92 Å². The van der Waals surface area contributed by atoms with Crippen molar-refractivity contribution in [1.29, 1.82) is 0 Å². The minimum absolute atomic E-state index is 0.143. The SMILES string of the molecule is CC=C(C)C(=O)OC[C@@H](O)COC(=O)CCCCCCCCC(C)C. The molecule has 0 saturated heterocycles. The topological polar surface area (TPSA) is 72.8 Å². The molecule has 0 fully saturated rings. The average molecular weight is 357 g/mol. The Morgan fingerprint density at radius 1 is 0.960 bits per heavy atom. The molecule has 0 aliphatic carbocycles. The zero-order chi connectivity index (χ0) is 19.1. The van der Waals surface area contributed by atoms with Crippen molar-refractivity contribution in [3.63, 3.8) is 0 Å². The number of carbonyl (C=O) groups is 2. The number of esters is 2. The van der Waals surface area contributed by atoms with E-state index in [1.54, 1.807) is 19.9 Å². The molecular formula is C20H36O5. The van der Waals surface area contributed by atoms with Crippen molar-refractivity contribution in [2.75, 3.05) is 13.2 Å². The predicted octanol–water partition coefficient (Wildman–Crippen LogP) is 4.18. The lowest BCUT2D eigenvalue weighted by atomic mass is 10.0. The number of unbranched alkanes of at least 4 members (excludes halogenated alkanes) is 5. The Hall–Kier alpha value is -1.36. The van der Waals surface area contributed by atoms with Crippen LogP contribution in [0.15, 0.2) is 11.6 Å². The standard InChI is InChI=1S/C20H36O5/c1-5-17(4)20(23)25-15-18(21)14-24-19(22)13-11-9-7-6-8-10-12-16(2)3/h5,16,18,21H,6-15H2,1-4H3/t18-/m0/s1. The van der Waals surface area contributed by atoms with Gasteiger partial charge in [-0.25, -0.2) is 4.79 Å². The maximum absolute atomic E-state index is 11.6. The highest BCUT2D eigenvalue weighted by Crippen LogP contribution is 2.12. The fraction of sp³-hybridized carbons (Fsp3) is 0.800. The lowest BCUT2D eigenvalue weighted by Crippen LogP contribution is -2.25. The minimum Gasteiger partial charge on any atom is -0.463 e. The molecule has 1 N–H and O–H groups in total. The number of ether oxygens (including phenoxy) is 2. The van der Waals surface area contributed by atoms with E-state index in [1.807, 2.05) is 0 Å². The van der Waals surface area contributed by atoms with Gasteiger partial charge in [-0.05, 0) is 26.2 Å². The van der Waals surface area contributed by atoms with Crippen molar-refractivity contribution in [2.45, 2.75) is 85.2 Å². The van der Waals surface area contributed by atoms with Gasteiger partial charge in [-0.3, -0.25) is 4.79 Å². The van der Waals surface area contributed by atoms with E-state index >= 15 is 0 Å². The second kappa shape index (κ2) is 14.9. The quantitative estimate of drug-likeness (QED) is 0.287. The molecule has 0 aliphatic rings. The van der Waals surface area contributed by atoms with Crippen LogP contribution in [0.1, 0.15) is 79.1 Å². The number of hydrogen-bond donors (Lipinski definition) is 1. The van der Waals surface area contributed by atoms with Crippen LogP contribution in [0.5, 0.6) is 0 Å². The molecule has 0 amide bonds. The molecule has 0 aromatic rings. The van der Waals surface area contributed by atoms with E-state index in [-0.39, 0.29) is 19.2 Å². The molecule has 0 aromatic carbocycles. The van der Waals surface area contributed by atoms with E-state index in [4.69, 9.17) is 9.47 Å². The molecule has 0 unspecified atom stereocenters. The normalized spacial score (nSPS) is 13.0. The third kappa shape index (κ3) is 14.7. The van der Waals surface area contributed by atoms with Crippen molar-refractivity contribution >= 4 is 11.9 Å². The molecule has 0 rings (SSSR count). The largest absolute Gasteiger partial charge is 0.463 e. The van der Waals surface area contributed by atoms with Crippen LogP contribution in [0.4, 0.5) is 0 Å². The zero-order valence-electron chi connectivity index (χ0n) is 16.4. The summed E-state index contributed by atoms with van der Waals surface area (Å²) < 4.78 is 9.90. The van der Waals surface area contributed by atoms with Crippen molar-refractivity contribution in [3.05, 3.63) is 11.6 Å². The summed E-state index contributed by atoms with van der Waals surface area (Å²) in [6, 6.07) is 0. The van der Waals surface area contributed by atoms with Gasteiger partial charge in [-0.1, -0.05) is 58.4 Å². The minimum atomic E-state index is -0.987. The predicted molar refractivity (Wildman–Crippen MR) is 99.1 cm³/mol. The first-order valence-corrected chi connectivity index (χ1v) is 9.50. The number of rotatable bonds is 14. The van der Waals surface area contributed by atoms with E-state index < -0.39 is 12.1 Å². The maximum atomic E-state index is 11.6. The first-order chi connectivity index (χ1) is 11.9. The first-order valence-electron chi connectivity index (χ1n) is 9.50. The molecule has 0 heterocycles. The van der Waals surface area contributed by atoms with Crippen molar-refractivity contribution in [3.8, 4) is 0 Å². The number of allylic oxidation sites excluding steroid dienone is 1. The highest BCUT2D eigenvalue weighted by Gasteiger charge is 2.12. The molecule has 1 atom stereocenters. The molecule has 0 aromatic heterocycles. The van der Waals surface area contributed by atoms with E-state index in [2.05, 4.69) is 13.8 Å². The monoisotopic (exact) mass is 356 g/mol. The number of hydrogen-bond acceptors (Lipinski definition) is 5. The summed E-state index contributed by atoms with van der Waals surface area (Å²) in [6.07, 6.45) is 9.07. The molecule has 146 valence electrons. The van der Waals surface area contributed by atoms with Crippen LogP contribution in [-0.2, 0) is 19.1 Å². The fourth-order valence-corrected chi connectivity index (χ4v) is 2.24. The number of aliphatic hydroxyl groups is 1. The fourth-order valence-electron chi connectivity index (χ4n) is 2.24. The van der Waals surface area contributed by atoms with E-state index in [1.165, 1.54) is 25.7 Å². The Morgan fingerprint density at radius 2 is 1.52 bits per heavy atom. The summed E-state index contributed by atoms with van der Waals surface area (Å²) >= 11 is 0. The lowest BCUT2D eigenvalue weighted by molar-refractivity contribution is -0.150. The van der Waals surface area contributed by atoms with Crippen LogP contribution < -0.4 is 0 Å². The van der Waals surface area contributed by atoms with Crippen molar-refractivity contribution < 1.29 is 24.2 Å². The Balaban J connectivity index is 3.56. The zero-order valence-corrected chi connectivity index (χ0v) is 16.4. The van der Waals surface area contributed by atoms with Crippen LogP contribution >= 0.6 is 0 Å². The summed E-state index contributed by atoms with van der Waals surface area (Å²) in [4.78, 5) is 23.0. The number of carbonyl (C=O) groups excluding carboxylic acids is 2. The molecule has 5 heteroatoms. The van der Waals surface area contributed by atoms with Crippen LogP contribution in [0.25, 0.3) is 0 Å². The summed E-state index contributed by atoms with van der Waals surface area (Å²) in [5, 5.41) is 9.66. The second-order valence-electron chi connectivity index (χ2n) is 6.96. The van der Waals surface area contributed by atoms with Gasteiger partial charge >= 0.3 is 11.9 Å². The second-order valence-corrected chi connectivity index (χ2v) is 6.96. The van der Waals surface area contributed by atoms with Crippen LogP contribution in [0, 0.1) is 5.92 Å². The van der Waals surface area contributed by atoms with Crippen LogP contribution in [0.3, 0.4) is 0 Å². The summed E-state index contributed by atoms with van der Waals surface area (Å²) in [5.74, 6) is -0.00290. The van der Waals surface area contributed by atoms with Crippen molar-refractivity contribution in [1.82, 2.24) is 0 Å². The average Bonchev–Trinajstić information content (AvgIpc) is 2.58. The molecule has 5 nitrogen and oxygen atoms in total. The Morgan fingerprint density at radius 3 is 2.12 bits per heavy atom. The number of aliphatic hydroxyl groups excluding tert-OH is 1. The van der Waals surface area contributed by atoms with E-state index in [0.29, 0.717) is 12.0 Å². The molecule has 0 spiro atoms. The van der Waals surface area contributed by atoms with E-state index in [0.717, 1.165) is 25.2 Å². The Bertz CT molecular complexity index is 401. The van der Waals surface area contributed by atoms with Gasteiger partial charge in [0.2, 0.25) is 0 Å². The van der Waals surface area contributed by atoms with Gasteiger partial charge in [0.1, 0.15) is 19.3 Å². The highest BCUT2D eigenvalue weighted by atomic mass is 16.6. The van der Waals surface area contributed by atoms with Crippen LogP contribution in [0.2, 0.25) is 0 Å². The van der Waals surface area contributed by atoms with Gasteiger partial charge in [0.05, 0.1) is 0 Å². The highest BCUT2D eigenvalue weighted by molar-refractivity contribution is 5.87. The third-order valence-corrected chi connectivity index (χ3v) is 4.01. The smallest absolute Gasteiger partial charge is 0.333 e. The maximum Gasteiger partial charge on any atom is 0.333 e. The molecule has 0 saturated carbocycles. The van der Waals surface area contributed by atoms with Gasteiger partial charge in [0.25, 0.3) is 0 Å². The molecule has 0 bridgehead atoms. The Kier molecular flexibility index (Phi) is 14.1. The van der Waals surface area contributed by atoms with E-state index in [9.17, 15) is 14.7 Å². The summed E-state index contributed by atoms with van der Waals surface area (Å²) in [6.45, 7) is 7.55. The third-order valence-electron chi connectivity index (χ3n) is 4.01. The van der Waals surface area contributed by atoms with Gasteiger partial charge in [0, 0.05) is 12.0 Å². The molecule has 0 radical (unpaired) electrons. The molecule has 25 heavy (non-hydrogen) atoms. The Labute approximate surface area is 152 Å².